The highest BCUT2D eigenvalue weighted by Gasteiger charge is 2.26. The van der Waals surface area contributed by atoms with Gasteiger partial charge in [0.05, 0.1) is 6.10 Å². The smallest absolute Gasteiger partial charge is 0.165 e. The van der Waals surface area contributed by atoms with Crippen molar-refractivity contribution in [3.8, 4) is 5.75 Å². The van der Waals surface area contributed by atoms with Crippen LogP contribution in [0.4, 0.5) is 0 Å². The highest BCUT2D eigenvalue weighted by molar-refractivity contribution is 5.98. The molecule has 0 amide bonds. The van der Waals surface area contributed by atoms with E-state index in [1.54, 1.807) is 0 Å². The molecule has 20 heavy (non-hydrogen) atoms. The van der Waals surface area contributed by atoms with Crippen molar-refractivity contribution >= 4 is 5.78 Å². The summed E-state index contributed by atoms with van der Waals surface area (Å²) in [4.78, 5) is 12.5. The van der Waals surface area contributed by atoms with Gasteiger partial charge in [-0.25, -0.2) is 0 Å². The molecule has 2 heteroatoms. The maximum Gasteiger partial charge on any atom is 0.165 e. The Labute approximate surface area is 122 Å². The topological polar surface area (TPSA) is 26.3 Å². The molecule has 1 aliphatic rings. The molecule has 0 heterocycles. The molecular formula is C18H26O2. The van der Waals surface area contributed by atoms with Gasteiger partial charge < -0.3 is 4.74 Å². The predicted octanol–water partition coefficient (Wildman–Crippen LogP) is 4.87. The SMILES string of the molecule is CCC1CCC(C(=O)c2ccc(OC(C)C)cc2)CC1. The van der Waals surface area contributed by atoms with Crippen molar-refractivity contribution in [2.24, 2.45) is 11.8 Å². The molecule has 0 aliphatic heterocycles. The maximum atomic E-state index is 12.5. The quantitative estimate of drug-likeness (QED) is 0.716. The van der Waals surface area contributed by atoms with Gasteiger partial charge in [-0.2, -0.15) is 0 Å². The first kappa shape index (κ1) is 15.1. The highest BCUT2D eigenvalue weighted by atomic mass is 16.5. The molecule has 0 aromatic heterocycles. The van der Waals surface area contributed by atoms with E-state index in [1.165, 1.54) is 19.3 Å². The van der Waals surface area contributed by atoms with Gasteiger partial charge in [-0.1, -0.05) is 13.3 Å². The number of rotatable bonds is 5. The number of carbonyl (C=O) groups excluding carboxylic acids is 1. The van der Waals surface area contributed by atoms with Gasteiger partial charge in [0, 0.05) is 11.5 Å². The zero-order chi connectivity index (χ0) is 14.5. The molecule has 1 aromatic carbocycles. The van der Waals surface area contributed by atoms with Crippen molar-refractivity contribution in [1.82, 2.24) is 0 Å². The first-order chi connectivity index (χ1) is 9.60. The van der Waals surface area contributed by atoms with Gasteiger partial charge in [0.15, 0.2) is 5.78 Å². The Hall–Kier alpha value is -1.31. The molecule has 1 aromatic rings. The molecule has 2 rings (SSSR count). The monoisotopic (exact) mass is 274 g/mol. The van der Waals surface area contributed by atoms with Gasteiger partial charge in [-0.15, -0.1) is 0 Å². The maximum absolute atomic E-state index is 12.5. The van der Waals surface area contributed by atoms with Crippen molar-refractivity contribution in [2.45, 2.75) is 59.0 Å². The Bertz CT molecular complexity index is 425. The molecular weight excluding hydrogens is 248 g/mol. The number of ketones is 1. The Kier molecular flexibility index (Phi) is 5.22. The van der Waals surface area contributed by atoms with Crippen LogP contribution in [-0.4, -0.2) is 11.9 Å². The molecule has 110 valence electrons. The Morgan fingerprint density at radius 3 is 2.25 bits per heavy atom. The van der Waals surface area contributed by atoms with E-state index in [1.807, 2.05) is 38.1 Å². The second kappa shape index (κ2) is 6.92. The summed E-state index contributed by atoms with van der Waals surface area (Å²) in [6.07, 6.45) is 5.95. The average Bonchev–Trinajstić information content (AvgIpc) is 2.47. The van der Waals surface area contributed by atoms with Crippen LogP contribution in [0.2, 0.25) is 0 Å². The van der Waals surface area contributed by atoms with E-state index in [0.717, 1.165) is 30.1 Å². The van der Waals surface area contributed by atoms with Crippen LogP contribution >= 0.6 is 0 Å². The minimum Gasteiger partial charge on any atom is -0.491 e. The van der Waals surface area contributed by atoms with Crippen LogP contribution in [0.3, 0.4) is 0 Å². The molecule has 2 nitrogen and oxygen atoms in total. The molecule has 1 saturated carbocycles. The predicted molar refractivity (Wildman–Crippen MR) is 82.3 cm³/mol. The molecule has 0 unspecified atom stereocenters. The van der Waals surface area contributed by atoms with E-state index >= 15 is 0 Å². The summed E-state index contributed by atoms with van der Waals surface area (Å²) < 4.78 is 5.61. The molecule has 1 aliphatic carbocycles. The van der Waals surface area contributed by atoms with Gasteiger partial charge in [-0.05, 0) is 69.7 Å². The van der Waals surface area contributed by atoms with Gasteiger partial charge >= 0.3 is 0 Å². The average molecular weight is 274 g/mol. The number of Topliss-reactive ketones (excluding diaryl/α,β-unsaturated/α-hetero) is 1. The van der Waals surface area contributed by atoms with E-state index in [0.29, 0.717) is 5.78 Å². The molecule has 1 fully saturated rings. The Morgan fingerprint density at radius 1 is 1.15 bits per heavy atom. The number of ether oxygens (including phenoxy) is 1. The van der Waals surface area contributed by atoms with E-state index in [9.17, 15) is 4.79 Å². The number of hydrogen-bond donors (Lipinski definition) is 0. The first-order valence-electron chi connectivity index (χ1n) is 7.91. The summed E-state index contributed by atoms with van der Waals surface area (Å²) in [6, 6.07) is 7.63. The summed E-state index contributed by atoms with van der Waals surface area (Å²) in [7, 11) is 0. The Morgan fingerprint density at radius 2 is 1.75 bits per heavy atom. The molecule has 0 bridgehead atoms. The van der Waals surface area contributed by atoms with Gasteiger partial charge in [0.2, 0.25) is 0 Å². The van der Waals surface area contributed by atoms with Crippen molar-refractivity contribution in [3.63, 3.8) is 0 Å². The van der Waals surface area contributed by atoms with Gasteiger partial charge in [0.1, 0.15) is 5.75 Å². The van der Waals surface area contributed by atoms with Crippen molar-refractivity contribution < 1.29 is 9.53 Å². The van der Waals surface area contributed by atoms with Gasteiger partial charge in [0.25, 0.3) is 0 Å². The fraction of sp³-hybridized carbons (Fsp3) is 0.611. The van der Waals surface area contributed by atoms with Crippen LogP contribution in [-0.2, 0) is 0 Å². The second-order valence-corrected chi connectivity index (χ2v) is 6.18. The zero-order valence-electron chi connectivity index (χ0n) is 12.9. The van der Waals surface area contributed by atoms with E-state index < -0.39 is 0 Å². The lowest BCUT2D eigenvalue weighted by Gasteiger charge is -2.26. The number of hydrogen-bond acceptors (Lipinski definition) is 2. The molecule has 0 radical (unpaired) electrons. The third-order valence-electron chi connectivity index (χ3n) is 4.31. The fourth-order valence-electron chi connectivity index (χ4n) is 3.04. The minimum absolute atomic E-state index is 0.167. The van der Waals surface area contributed by atoms with Crippen LogP contribution in [0, 0.1) is 11.8 Å². The van der Waals surface area contributed by atoms with Crippen LogP contribution < -0.4 is 4.74 Å². The largest absolute Gasteiger partial charge is 0.491 e. The summed E-state index contributed by atoms with van der Waals surface area (Å²) in [6.45, 7) is 6.26. The lowest BCUT2D eigenvalue weighted by Crippen LogP contribution is -2.21. The lowest BCUT2D eigenvalue weighted by atomic mass is 9.78. The van der Waals surface area contributed by atoms with E-state index in [2.05, 4.69) is 6.92 Å². The van der Waals surface area contributed by atoms with Crippen LogP contribution in [0.5, 0.6) is 5.75 Å². The summed E-state index contributed by atoms with van der Waals surface area (Å²) in [5.74, 6) is 2.22. The minimum atomic E-state index is 0.167. The van der Waals surface area contributed by atoms with E-state index in [4.69, 9.17) is 4.74 Å². The van der Waals surface area contributed by atoms with Gasteiger partial charge in [-0.3, -0.25) is 4.79 Å². The second-order valence-electron chi connectivity index (χ2n) is 6.18. The van der Waals surface area contributed by atoms with Crippen molar-refractivity contribution in [1.29, 1.82) is 0 Å². The normalized spacial score (nSPS) is 22.8. The number of carbonyl (C=O) groups is 1. The summed E-state index contributed by atoms with van der Waals surface area (Å²) >= 11 is 0. The fourth-order valence-corrected chi connectivity index (χ4v) is 3.04. The first-order valence-corrected chi connectivity index (χ1v) is 7.91. The van der Waals surface area contributed by atoms with Crippen molar-refractivity contribution in [3.05, 3.63) is 29.8 Å². The number of benzene rings is 1. The molecule has 0 atom stereocenters. The van der Waals surface area contributed by atoms with Crippen molar-refractivity contribution in [2.75, 3.05) is 0 Å². The van der Waals surface area contributed by atoms with Crippen LogP contribution in [0.15, 0.2) is 24.3 Å². The van der Waals surface area contributed by atoms with Crippen LogP contribution in [0.25, 0.3) is 0 Å². The van der Waals surface area contributed by atoms with Crippen LogP contribution in [0.1, 0.15) is 63.2 Å². The van der Waals surface area contributed by atoms with E-state index in [-0.39, 0.29) is 12.0 Å². The lowest BCUT2D eigenvalue weighted by molar-refractivity contribution is 0.0871. The Balaban J connectivity index is 1.95. The third kappa shape index (κ3) is 3.84. The zero-order valence-corrected chi connectivity index (χ0v) is 12.9. The standard InChI is InChI=1S/C18H26O2/c1-4-14-5-7-15(8-6-14)18(19)16-9-11-17(12-10-16)20-13(2)3/h9-15H,4-8H2,1-3H3. The molecule has 0 spiro atoms. The highest BCUT2D eigenvalue weighted by Crippen LogP contribution is 2.32. The summed E-state index contributed by atoms with van der Waals surface area (Å²) in [5.41, 5.74) is 0.834. The third-order valence-corrected chi connectivity index (χ3v) is 4.31. The molecule has 0 N–H and O–H groups in total. The summed E-state index contributed by atoms with van der Waals surface area (Å²) in [5, 5.41) is 0. The molecule has 0 saturated heterocycles.